The molecule has 0 saturated heterocycles. The highest BCUT2D eigenvalue weighted by Gasteiger charge is 2.28. The van der Waals surface area contributed by atoms with E-state index in [2.05, 4.69) is 65.2 Å². The number of hydrogen-bond acceptors (Lipinski definition) is 2. The minimum atomic E-state index is 0.536. The summed E-state index contributed by atoms with van der Waals surface area (Å²) >= 11 is 3.69. The van der Waals surface area contributed by atoms with Crippen LogP contribution in [-0.2, 0) is 6.54 Å². The maximum atomic E-state index is 3.69. The van der Waals surface area contributed by atoms with E-state index in [1.54, 1.807) is 0 Å². The maximum absolute atomic E-state index is 3.69. The normalized spacial score (nSPS) is 19.1. The molecule has 0 amide bonds. The van der Waals surface area contributed by atoms with Crippen LogP contribution in [0.25, 0.3) is 0 Å². The molecule has 1 aliphatic carbocycles. The second-order valence-electron chi connectivity index (χ2n) is 6.81. The molecule has 0 heterocycles. The van der Waals surface area contributed by atoms with Gasteiger partial charge in [-0.25, -0.2) is 0 Å². The van der Waals surface area contributed by atoms with Crippen molar-refractivity contribution in [3.05, 3.63) is 28.2 Å². The van der Waals surface area contributed by atoms with Crippen molar-refractivity contribution in [3.8, 4) is 0 Å². The molecule has 1 aromatic rings. The van der Waals surface area contributed by atoms with Crippen LogP contribution in [0.3, 0.4) is 0 Å². The highest BCUT2D eigenvalue weighted by molar-refractivity contribution is 9.10. The van der Waals surface area contributed by atoms with Crippen LogP contribution in [0.5, 0.6) is 0 Å². The van der Waals surface area contributed by atoms with Crippen molar-refractivity contribution < 1.29 is 0 Å². The molecule has 1 fully saturated rings. The number of halogens is 1. The number of nitrogens with zero attached hydrogens (tertiary/aromatic N) is 1. The molecule has 1 saturated carbocycles. The zero-order valence-corrected chi connectivity index (χ0v) is 14.8. The Hall–Kier alpha value is -0.540. The van der Waals surface area contributed by atoms with E-state index < -0.39 is 0 Å². The molecule has 0 bridgehead atoms. The highest BCUT2D eigenvalue weighted by Crippen LogP contribution is 2.38. The van der Waals surface area contributed by atoms with Crippen molar-refractivity contribution in [1.29, 1.82) is 0 Å². The molecule has 0 spiro atoms. The van der Waals surface area contributed by atoms with Crippen LogP contribution in [0.2, 0.25) is 0 Å². The van der Waals surface area contributed by atoms with Crippen molar-refractivity contribution in [1.82, 2.24) is 5.32 Å². The third-order valence-corrected chi connectivity index (χ3v) is 5.41. The van der Waals surface area contributed by atoms with Gasteiger partial charge in [0.15, 0.2) is 0 Å². The van der Waals surface area contributed by atoms with E-state index in [1.807, 2.05) is 7.05 Å². The Morgan fingerprint density at radius 1 is 1.30 bits per heavy atom. The molecule has 1 aliphatic rings. The van der Waals surface area contributed by atoms with Gasteiger partial charge in [0.2, 0.25) is 0 Å². The lowest BCUT2D eigenvalue weighted by Crippen LogP contribution is -2.37. The standard InChI is InChI=1S/C17H27BrN2/c1-17(2)9-7-14(8-10-17)20(4)15-6-5-13(12-19-3)16(18)11-15/h5-6,11,14,19H,7-10,12H2,1-4H3. The fourth-order valence-corrected chi connectivity index (χ4v) is 3.58. The Bertz CT molecular complexity index is 446. The average Bonchev–Trinajstić information content (AvgIpc) is 2.40. The minimum Gasteiger partial charge on any atom is -0.372 e. The van der Waals surface area contributed by atoms with E-state index >= 15 is 0 Å². The van der Waals surface area contributed by atoms with Crippen LogP contribution in [-0.4, -0.2) is 20.1 Å². The molecule has 3 heteroatoms. The van der Waals surface area contributed by atoms with Gasteiger partial charge in [-0.3, -0.25) is 0 Å². The Labute approximate surface area is 132 Å². The predicted octanol–water partition coefficient (Wildman–Crippen LogP) is 4.57. The van der Waals surface area contributed by atoms with Gasteiger partial charge in [0.1, 0.15) is 0 Å². The maximum Gasteiger partial charge on any atom is 0.0377 e. The fraction of sp³-hybridized carbons (Fsp3) is 0.647. The summed E-state index contributed by atoms with van der Waals surface area (Å²) in [5.74, 6) is 0. The van der Waals surface area contributed by atoms with Gasteiger partial charge in [0.25, 0.3) is 0 Å². The molecule has 1 aromatic carbocycles. The highest BCUT2D eigenvalue weighted by atomic mass is 79.9. The van der Waals surface area contributed by atoms with E-state index in [0.29, 0.717) is 11.5 Å². The molecule has 0 unspecified atom stereocenters. The summed E-state index contributed by atoms with van der Waals surface area (Å²) in [6, 6.07) is 7.41. The molecule has 20 heavy (non-hydrogen) atoms. The van der Waals surface area contributed by atoms with Gasteiger partial charge >= 0.3 is 0 Å². The Balaban J connectivity index is 2.06. The van der Waals surface area contributed by atoms with E-state index in [4.69, 9.17) is 0 Å². The van der Waals surface area contributed by atoms with Crippen molar-refractivity contribution in [2.75, 3.05) is 19.0 Å². The van der Waals surface area contributed by atoms with Gasteiger partial charge in [-0.15, -0.1) is 0 Å². The molecular weight excluding hydrogens is 312 g/mol. The number of benzene rings is 1. The van der Waals surface area contributed by atoms with Crippen LogP contribution in [0.1, 0.15) is 45.1 Å². The molecule has 2 rings (SSSR count). The van der Waals surface area contributed by atoms with Crippen LogP contribution < -0.4 is 10.2 Å². The molecule has 2 nitrogen and oxygen atoms in total. The SMILES string of the molecule is CNCc1ccc(N(C)C2CCC(C)(C)CC2)cc1Br. The molecule has 1 N–H and O–H groups in total. The summed E-state index contributed by atoms with van der Waals surface area (Å²) in [7, 11) is 4.22. The van der Waals surface area contributed by atoms with E-state index in [1.165, 1.54) is 41.4 Å². The summed E-state index contributed by atoms with van der Waals surface area (Å²) in [5.41, 5.74) is 3.17. The van der Waals surface area contributed by atoms with Crippen molar-refractivity contribution in [2.24, 2.45) is 5.41 Å². The van der Waals surface area contributed by atoms with Crippen molar-refractivity contribution in [3.63, 3.8) is 0 Å². The Kier molecular flexibility index (Phi) is 5.14. The van der Waals surface area contributed by atoms with Crippen molar-refractivity contribution in [2.45, 2.75) is 52.1 Å². The number of nitrogens with one attached hydrogen (secondary N) is 1. The van der Waals surface area contributed by atoms with Gasteiger partial charge in [-0.2, -0.15) is 0 Å². The third-order valence-electron chi connectivity index (χ3n) is 4.67. The topological polar surface area (TPSA) is 15.3 Å². The summed E-state index contributed by atoms with van der Waals surface area (Å²) in [4.78, 5) is 2.46. The lowest BCUT2D eigenvalue weighted by Gasteiger charge is -2.39. The van der Waals surface area contributed by atoms with Crippen molar-refractivity contribution >= 4 is 21.6 Å². The molecular formula is C17H27BrN2. The van der Waals surface area contributed by atoms with Gasteiger partial charge in [-0.1, -0.05) is 35.8 Å². The third kappa shape index (κ3) is 3.76. The summed E-state index contributed by atoms with van der Waals surface area (Å²) in [5, 5.41) is 3.20. The molecule has 0 radical (unpaired) electrons. The zero-order chi connectivity index (χ0) is 14.8. The second-order valence-corrected chi connectivity index (χ2v) is 7.67. The lowest BCUT2D eigenvalue weighted by molar-refractivity contribution is 0.222. The smallest absolute Gasteiger partial charge is 0.0377 e. The Morgan fingerprint density at radius 2 is 1.95 bits per heavy atom. The molecule has 112 valence electrons. The fourth-order valence-electron chi connectivity index (χ4n) is 3.07. The first-order valence-corrected chi connectivity index (χ1v) is 8.38. The summed E-state index contributed by atoms with van der Waals surface area (Å²) in [6.45, 7) is 5.70. The van der Waals surface area contributed by atoms with Crippen LogP contribution in [0, 0.1) is 5.41 Å². The van der Waals surface area contributed by atoms with Gasteiger partial charge in [-0.05, 0) is 55.8 Å². The first-order chi connectivity index (χ1) is 9.43. The molecule has 0 atom stereocenters. The number of hydrogen-bond donors (Lipinski definition) is 1. The van der Waals surface area contributed by atoms with E-state index in [0.717, 1.165) is 6.54 Å². The summed E-state index contributed by atoms with van der Waals surface area (Å²) < 4.78 is 1.20. The van der Waals surface area contributed by atoms with Gasteiger partial charge < -0.3 is 10.2 Å². The predicted molar refractivity (Wildman–Crippen MR) is 91.3 cm³/mol. The van der Waals surface area contributed by atoms with E-state index in [-0.39, 0.29) is 0 Å². The van der Waals surface area contributed by atoms with Gasteiger partial charge in [0.05, 0.1) is 0 Å². The largest absolute Gasteiger partial charge is 0.372 e. The monoisotopic (exact) mass is 338 g/mol. The lowest BCUT2D eigenvalue weighted by atomic mass is 9.75. The van der Waals surface area contributed by atoms with Gasteiger partial charge in [0, 0.05) is 29.8 Å². The molecule has 0 aliphatic heterocycles. The average molecular weight is 339 g/mol. The second kappa shape index (κ2) is 6.48. The number of anilines is 1. The van der Waals surface area contributed by atoms with E-state index in [9.17, 15) is 0 Å². The van der Waals surface area contributed by atoms with Crippen LogP contribution in [0.4, 0.5) is 5.69 Å². The molecule has 0 aromatic heterocycles. The quantitative estimate of drug-likeness (QED) is 0.864. The number of rotatable bonds is 4. The first-order valence-electron chi connectivity index (χ1n) is 7.59. The van der Waals surface area contributed by atoms with Crippen LogP contribution >= 0.6 is 15.9 Å². The van der Waals surface area contributed by atoms with Crippen LogP contribution in [0.15, 0.2) is 22.7 Å². The first kappa shape index (κ1) is 15.8. The zero-order valence-electron chi connectivity index (χ0n) is 13.2. The Morgan fingerprint density at radius 3 is 2.50 bits per heavy atom. The summed E-state index contributed by atoms with van der Waals surface area (Å²) in [6.07, 6.45) is 5.28. The minimum absolute atomic E-state index is 0.536.